The summed E-state index contributed by atoms with van der Waals surface area (Å²) in [5.41, 5.74) is 5.70. The largest absolute Gasteiger partial charge is 0.338 e. The highest BCUT2D eigenvalue weighted by atomic mass is 35.5. The summed E-state index contributed by atoms with van der Waals surface area (Å²) in [4.78, 5) is 13.8. The van der Waals surface area contributed by atoms with Crippen molar-refractivity contribution in [3.05, 3.63) is 34.6 Å². The summed E-state index contributed by atoms with van der Waals surface area (Å²) in [5, 5.41) is 0.289. The van der Waals surface area contributed by atoms with E-state index in [4.69, 9.17) is 17.3 Å². The Kier molecular flexibility index (Phi) is 5.18. The van der Waals surface area contributed by atoms with Gasteiger partial charge >= 0.3 is 0 Å². The molecule has 1 aromatic carbocycles. The smallest absolute Gasteiger partial charge is 0.256 e. The van der Waals surface area contributed by atoms with Crippen LogP contribution in [0.1, 0.15) is 23.7 Å². The molecule has 0 saturated carbocycles. The fourth-order valence-corrected chi connectivity index (χ4v) is 2.36. The Bertz CT molecular complexity index is 484. The predicted molar refractivity (Wildman–Crippen MR) is 76.3 cm³/mol. The van der Waals surface area contributed by atoms with Crippen molar-refractivity contribution in [2.45, 2.75) is 13.3 Å². The van der Waals surface area contributed by atoms with E-state index < -0.39 is 5.82 Å². The molecule has 0 bridgehead atoms. The van der Waals surface area contributed by atoms with Crippen LogP contribution in [-0.2, 0) is 0 Å². The number of hydrogen-bond acceptors (Lipinski definition) is 2. The normalized spacial score (nSPS) is 22.2. The highest BCUT2D eigenvalue weighted by Crippen LogP contribution is 2.30. The van der Waals surface area contributed by atoms with Crippen LogP contribution in [0.4, 0.5) is 4.39 Å². The Labute approximate surface area is 123 Å². The lowest BCUT2D eigenvalue weighted by atomic mass is 9.90. The molecule has 1 atom stereocenters. The van der Waals surface area contributed by atoms with Crippen molar-refractivity contribution in [1.29, 1.82) is 0 Å². The van der Waals surface area contributed by atoms with E-state index in [9.17, 15) is 9.18 Å². The third kappa shape index (κ3) is 3.38. The number of rotatable bonds is 2. The SMILES string of the molecule is CC1(CN)CCN(C(=O)c2ccc(Cl)cc2F)C1.Cl. The summed E-state index contributed by atoms with van der Waals surface area (Å²) in [6.45, 7) is 3.76. The van der Waals surface area contributed by atoms with Crippen LogP contribution < -0.4 is 5.73 Å². The second-order valence-electron chi connectivity index (χ2n) is 5.12. The van der Waals surface area contributed by atoms with Crippen LogP contribution in [0, 0.1) is 11.2 Å². The van der Waals surface area contributed by atoms with Crippen molar-refractivity contribution in [2.75, 3.05) is 19.6 Å². The quantitative estimate of drug-likeness (QED) is 0.913. The number of halogens is 3. The molecule has 1 fully saturated rings. The van der Waals surface area contributed by atoms with Gasteiger partial charge in [-0.05, 0) is 36.6 Å². The molecule has 1 aromatic rings. The molecule has 1 aliphatic rings. The molecule has 19 heavy (non-hydrogen) atoms. The zero-order valence-corrected chi connectivity index (χ0v) is 12.2. The molecule has 0 radical (unpaired) electrons. The standard InChI is InChI=1S/C13H16ClFN2O.ClH/c1-13(7-16)4-5-17(8-13)12(18)10-3-2-9(14)6-11(10)15;/h2-3,6H,4-5,7-8,16H2,1H3;1H. The average Bonchev–Trinajstić information content (AvgIpc) is 2.72. The van der Waals surface area contributed by atoms with Crippen LogP contribution >= 0.6 is 24.0 Å². The average molecular weight is 307 g/mol. The van der Waals surface area contributed by atoms with Crippen LogP contribution in [0.3, 0.4) is 0 Å². The molecule has 2 rings (SSSR count). The van der Waals surface area contributed by atoms with E-state index in [2.05, 4.69) is 0 Å². The summed E-state index contributed by atoms with van der Waals surface area (Å²) >= 11 is 5.67. The first kappa shape index (κ1) is 16.2. The van der Waals surface area contributed by atoms with Gasteiger partial charge in [-0.3, -0.25) is 4.79 Å². The molecule has 1 amide bonds. The first-order chi connectivity index (χ1) is 8.45. The van der Waals surface area contributed by atoms with Crippen LogP contribution in [0.25, 0.3) is 0 Å². The van der Waals surface area contributed by atoms with Crippen LogP contribution in [-0.4, -0.2) is 30.4 Å². The van der Waals surface area contributed by atoms with Crippen LogP contribution in [0.2, 0.25) is 5.02 Å². The topological polar surface area (TPSA) is 46.3 Å². The lowest BCUT2D eigenvalue weighted by Gasteiger charge is -2.22. The fraction of sp³-hybridized carbons (Fsp3) is 0.462. The van der Waals surface area contributed by atoms with Crippen molar-refractivity contribution in [3.63, 3.8) is 0 Å². The lowest BCUT2D eigenvalue weighted by Crippen LogP contribution is -2.34. The van der Waals surface area contributed by atoms with Gasteiger partial charge in [0.05, 0.1) is 5.56 Å². The van der Waals surface area contributed by atoms with E-state index >= 15 is 0 Å². The molecule has 1 heterocycles. The van der Waals surface area contributed by atoms with E-state index in [-0.39, 0.29) is 34.3 Å². The minimum Gasteiger partial charge on any atom is -0.338 e. The molecule has 6 heteroatoms. The van der Waals surface area contributed by atoms with Gasteiger partial charge in [-0.25, -0.2) is 4.39 Å². The van der Waals surface area contributed by atoms with Gasteiger partial charge < -0.3 is 10.6 Å². The van der Waals surface area contributed by atoms with Crippen molar-refractivity contribution >= 4 is 29.9 Å². The summed E-state index contributed by atoms with van der Waals surface area (Å²) < 4.78 is 13.7. The van der Waals surface area contributed by atoms with Crippen LogP contribution in [0.15, 0.2) is 18.2 Å². The monoisotopic (exact) mass is 306 g/mol. The summed E-state index contributed by atoms with van der Waals surface area (Å²) in [5.74, 6) is -0.866. The van der Waals surface area contributed by atoms with E-state index in [1.54, 1.807) is 4.90 Å². The van der Waals surface area contributed by atoms with Gasteiger partial charge in [-0.2, -0.15) is 0 Å². The molecule has 3 nitrogen and oxygen atoms in total. The number of nitrogens with zero attached hydrogens (tertiary/aromatic N) is 1. The maximum atomic E-state index is 13.7. The second-order valence-corrected chi connectivity index (χ2v) is 5.55. The fourth-order valence-electron chi connectivity index (χ4n) is 2.20. The Morgan fingerprint density at radius 2 is 2.26 bits per heavy atom. The third-order valence-corrected chi connectivity index (χ3v) is 3.73. The Morgan fingerprint density at radius 1 is 1.58 bits per heavy atom. The van der Waals surface area contributed by atoms with Gasteiger partial charge in [-0.15, -0.1) is 12.4 Å². The molecule has 1 aliphatic heterocycles. The molecule has 0 spiro atoms. The molecule has 1 unspecified atom stereocenters. The molecular weight excluding hydrogens is 290 g/mol. The number of carbonyl (C=O) groups excluding carboxylic acids is 1. The number of nitrogens with two attached hydrogens (primary N) is 1. The maximum absolute atomic E-state index is 13.7. The first-order valence-corrected chi connectivity index (χ1v) is 6.27. The van der Waals surface area contributed by atoms with Gasteiger partial charge in [0, 0.05) is 18.1 Å². The minimum atomic E-state index is -0.575. The zero-order valence-electron chi connectivity index (χ0n) is 10.7. The highest BCUT2D eigenvalue weighted by Gasteiger charge is 2.35. The van der Waals surface area contributed by atoms with E-state index in [1.165, 1.54) is 12.1 Å². The predicted octanol–water partition coefficient (Wildman–Crippen LogP) is 2.71. The van der Waals surface area contributed by atoms with Crippen molar-refractivity contribution in [1.82, 2.24) is 4.90 Å². The maximum Gasteiger partial charge on any atom is 0.256 e. The highest BCUT2D eigenvalue weighted by molar-refractivity contribution is 6.30. The second kappa shape index (κ2) is 6.07. The Morgan fingerprint density at radius 3 is 2.79 bits per heavy atom. The molecule has 0 aliphatic carbocycles. The van der Waals surface area contributed by atoms with Crippen molar-refractivity contribution < 1.29 is 9.18 Å². The molecule has 2 N–H and O–H groups in total. The molecule has 0 aromatic heterocycles. The molecular formula is C13H17Cl2FN2O. The number of hydrogen-bond donors (Lipinski definition) is 1. The number of amides is 1. The Balaban J connectivity index is 0.00000180. The number of carbonyl (C=O) groups is 1. The van der Waals surface area contributed by atoms with Gasteiger partial charge in [0.1, 0.15) is 5.82 Å². The molecule has 1 saturated heterocycles. The number of benzene rings is 1. The van der Waals surface area contributed by atoms with Crippen LogP contribution in [0.5, 0.6) is 0 Å². The summed E-state index contributed by atoms with van der Waals surface area (Å²) in [6, 6.07) is 4.11. The minimum absolute atomic E-state index is 0. The summed E-state index contributed by atoms with van der Waals surface area (Å²) in [7, 11) is 0. The van der Waals surface area contributed by atoms with E-state index in [0.717, 1.165) is 12.5 Å². The van der Waals surface area contributed by atoms with E-state index in [0.29, 0.717) is 19.6 Å². The zero-order chi connectivity index (χ0) is 13.3. The van der Waals surface area contributed by atoms with Gasteiger partial charge in [0.2, 0.25) is 0 Å². The van der Waals surface area contributed by atoms with Crippen molar-refractivity contribution in [3.8, 4) is 0 Å². The molecule has 106 valence electrons. The van der Waals surface area contributed by atoms with Gasteiger partial charge in [0.15, 0.2) is 0 Å². The van der Waals surface area contributed by atoms with Crippen molar-refractivity contribution in [2.24, 2.45) is 11.1 Å². The number of likely N-dealkylation sites (tertiary alicyclic amines) is 1. The lowest BCUT2D eigenvalue weighted by molar-refractivity contribution is 0.0772. The van der Waals surface area contributed by atoms with Gasteiger partial charge in [-0.1, -0.05) is 18.5 Å². The van der Waals surface area contributed by atoms with E-state index in [1.807, 2.05) is 6.92 Å². The first-order valence-electron chi connectivity index (χ1n) is 5.90. The third-order valence-electron chi connectivity index (χ3n) is 3.50. The summed E-state index contributed by atoms with van der Waals surface area (Å²) in [6.07, 6.45) is 0.852. The Hall–Kier alpha value is -0.840. The van der Waals surface area contributed by atoms with Gasteiger partial charge in [0.25, 0.3) is 5.91 Å².